The van der Waals surface area contributed by atoms with Crippen LogP contribution >= 0.6 is 15.9 Å². The van der Waals surface area contributed by atoms with E-state index in [1.807, 2.05) is 0 Å². The zero-order valence-corrected chi connectivity index (χ0v) is 10.6. The Hall–Kier alpha value is -1.27. The average molecular weight is 301 g/mol. The van der Waals surface area contributed by atoms with Crippen molar-refractivity contribution in [1.29, 1.82) is 0 Å². The molecule has 0 fully saturated rings. The second-order valence-corrected chi connectivity index (χ2v) is 4.42. The normalized spacial score (nSPS) is 12.7. The third-order valence-corrected chi connectivity index (χ3v) is 2.78. The summed E-state index contributed by atoms with van der Waals surface area (Å²) in [6, 6.07) is 4.43. The second kappa shape index (κ2) is 4.93. The minimum Gasteiger partial charge on any atom is -0.385 e. The Bertz CT molecular complexity index is 530. The highest BCUT2D eigenvalue weighted by Crippen LogP contribution is 2.26. The van der Waals surface area contributed by atoms with Crippen LogP contribution in [-0.4, -0.2) is 15.2 Å². The van der Waals surface area contributed by atoms with Crippen LogP contribution < -0.4 is 0 Å². The van der Waals surface area contributed by atoms with Gasteiger partial charge in [-0.25, -0.2) is 4.39 Å². The predicted molar refractivity (Wildman–Crippen MR) is 62.6 cm³/mol. The lowest BCUT2D eigenvalue weighted by atomic mass is 10.2. The number of nitrogens with zero attached hydrogens (tertiary/aromatic N) is 2. The van der Waals surface area contributed by atoms with Gasteiger partial charge in [0.1, 0.15) is 11.9 Å². The van der Waals surface area contributed by atoms with Crippen LogP contribution in [0.3, 0.4) is 0 Å². The molecule has 90 valence electrons. The maximum atomic E-state index is 13.5. The summed E-state index contributed by atoms with van der Waals surface area (Å²) in [5, 5.41) is 13.1. The van der Waals surface area contributed by atoms with Crippen molar-refractivity contribution in [2.75, 3.05) is 0 Å². The van der Waals surface area contributed by atoms with Gasteiger partial charge in [0.15, 0.2) is 0 Å². The number of hydrogen-bond donors (Lipinski definition) is 1. The van der Waals surface area contributed by atoms with Crippen LogP contribution in [-0.2, 0) is 0 Å². The van der Waals surface area contributed by atoms with Crippen LogP contribution in [0.5, 0.6) is 0 Å². The molecule has 4 nitrogen and oxygen atoms in total. The lowest BCUT2D eigenvalue weighted by Gasteiger charge is -1.99. The number of rotatable bonds is 3. The third kappa shape index (κ3) is 2.53. The fourth-order valence-corrected chi connectivity index (χ4v) is 1.68. The van der Waals surface area contributed by atoms with Crippen molar-refractivity contribution in [3.63, 3.8) is 0 Å². The van der Waals surface area contributed by atoms with E-state index in [0.29, 0.717) is 10.9 Å². The van der Waals surface area contributed by atoms with Gasteiger partial charge in [-0.05, 0) is 24.6 Å². The van der Waals surface area contributed by atoms with Gasteiger partial charge in [-0.3, -0.25) is 0 Å². The lowest BCUT2D eigenvalue weighted by Crippen LogP contribution is -1.97. The molecule has 0 amide bonds. The summed E-state index contributed by atoms with van der Waals surface area (Å²) in [4.78, 5) is 3.96. The Balaban J connectivity index is 2.40. The molecule has 1 N–H and O–H groups in total. The van der Waals surface area contributed by atoms with Gasteiger partial charge < -0.3 is 9.63 Å². The smallest absolute Gasteiger partial charge is 0.261 e. The van der Waals surface area contributed by atoms with Crippen molar-refractivity contribution in [2.45, 2.75) is 19.4 Å². The largest absolute Gasteiger partial charge is 0.385 e. The molecule has 0 radical (unpaired) electrons. The van der Waals surface area contributed by atoms with E-state index >= 15 is 0 Å². The van der Waals surface area contributed by atoms with E-state index < -0.39 is 11.9 Å². The molecule has 1 unspecified atom stereocenters. The Morgan fingerprint density at radius 3 is 3.00 bits per heavy atom. The number of hydrogen-bond acceptors (Lipinski definition) is 4. The quantitative estimate of drug-likeness (QED) is 0.946. The van der Waals surface area contributed by atoms with Crippen LogP contribution in [0.15, 0.2) is 27.2 Å². The van der Waals surface area contributed by atoms with Crippen LogP contribution in [0.2, 0.25) is 0 Å². The summed E-state index contributed by atoms with van der Waals surface area (Å²) in [5.74, 6) is -0.220. The zero-order chi connectivity index (χ0) is 12.4. The summed E-state index contributed by atoms with van der Waals surface area (Å²) >= 11 is 3.24. The molecule has 1 heterocycles. The Labute approximate surface area is 106 Å². The fourth-order valence-electron chi connectivity index (χ4n) is 1.32. The number of aliphatic hydroxyl groups excluding tert-OH is 1. The maximum absolute atomic E-state index is 13.5. The highest BCUT2D eigenvalue weighted by Gasteiger charge is 2.17. The van der Waals surface area contributed by atoms with E-state index in [2.05, 4.69) is 26.1 Å². The molecule has 0 aliphatic carbocycles. The first-order valence-corrected chi connectivity index (χ1v) is 5.88. The lowest BCUT2D eigenvalue weighted by molar-refractivity contribution is 0.159. The minimum absolute atomic E-state index is 0.0614. The number of aromatic nitrogens is 2. The van der Waals surface area contributed by atoms with Crippen molar-refractivity contribution < 1.29 is 14.0 Å². The van der Waals surface area contributed by atoms with Gasteiger partial charge >= 0.3 is 0 Å². The van der Waals surface area contributed by atoms with Gasteiger partial charge in [0.25, 0.3) is 5.89 Å². The standard InChI is InChI=1S/C11H10BrFN2O2/c1-2-9(16)10-14-11(17-15-10)7-5-6(12)3-4-8(7)13/h3-5,9,16H,2H2,1H3. The minimum atomic E-state index is -0.789. The molecule has 0 aliphatic rings. The Morgan fingerprint density at radius 1 is 1.53 bits per heavy atom. The molecular weight excluding hydrogens is 291 g/mol. The van der Waals surface area contributed by atoms with E-state index in [1.54, 1.807) is 19.1 Å². The summed E-state index contributed by atoms with van der Waals surface area (Å²) in [5.41, 5.74) is 0.210. The van der Waals surface area contributed by atoms with Gasteiger partial charge in [0.2, 0.25) is 5.82 Å². The van der Waals surface area contributed by atoms with E-state index in [0.717, 1.165) is 0 Å². The molecule has 2 rings (SSSR count). The molecule has 2 aromatic rings. The number of aliphatic hydroxyl groups is 1. The molecule has 17 heavy (non-hydrogen) atoms. The molecule has 1 aromatic heterocycles. The Kier molecular flexibility index (Phi) is 3.54. The highest BCUT2D eigenvalue weighted by atomic mass is 79.9. The monoisotopic (exact) mass is 300 g/mol. The van der Waals surface area contributed by atoms with E-state index in [1.165, 1.54) is 6.07 Å². The van der Waals surface area contributed by atoms with Crippen molar-refractivity contribution in [2.24, 2.45) is 0 Å². The molecule has 0 aliphatic heterocycles. The van der Waals surface area contributed by atoms with Gasteiger partial charge in [0.05, 0.1) is 5.56 Å². The average Bonchev–Trinajstić information content (AvgIpc) is 2.80. The first kappa shape index (κ1) is 12.2. The fraction of sp³-hybridized carbons (Fsp3) is 0.273. The number of benzene rings is 1. The van der Waals surface area contributed by atoms with Crippen molar-refractivity contribution in [1.82, 2.24) is 10.1 Å². The van der Waals surface area contributed by atoms with Crippen LogP contribution in [0.25, 0.3) is 11.5 Å². The Morgan fingerprint density at radius 2 is 2.29 bits per heavy atom. The van der Waals surface area contributed by atoms with Crippen molar-refractivity contribution in [3.05, 3.63) is 34.3 Å². The summed E-state index contributed by atoms with van der Waals surface area (Å²) < 4.78 is 19.2. The summed E-state index contributed by atoms with van der Waals surface area (Å²) in [6.45, 7) is 1.79. The van der Waals surface area contributed by atoms with Gasteiger partial charge in [-0.2, -0.15) is 4.98 Å². The SMILES string of the molecule is CCC(O)c1noc(-c2cc(Br)ccc2F)n1. The summed E-state index contributed by atoms with van der Waals surface area (Å²) in [6.07, 6.45) is -0.317. The third-order valence-electron chi connectivity index (χ3n) is 2.29. The number of halogens is 2. The molecule has 0 saturated carbocycles. The van der Waals surface area contributed by atoms with Crippen molar-refractivity contribution in [3.8, 4) is 11.5 Å². The van der Waals surface area contributed by atoms with E-state index in [4.69, 9.17) is 4.52 Å². The van der Waals surface area contributed by atoms with Gasteiger partial charge in [-0.1, -0.05) is 28.0 Å². The molecule has 1 aromatic carbocycles. The first-order chi connectivity index (χ1) is 8.11. The van der Waals surface area contributed by atoms with Crippen LogP contribution in [0, 0.1) is 5.82 Å². The summed E-state index contributed by atoms with van der Waals surface area (Å²) in [7, 11) is 0. The predicted octanol–water partition coefficient (Wildman–Crippen LogP) is 3.08. The zero-order valence-electron chi connectivity index (χ0n) is 9.02. The molecule has 6 heteroatoms. The van der Waals surface area contributed by atoms with Crippen molar-refractivity contribution >= 4 is 15.9 Å². The first-order valence-electron chi connectivity index (χ1n) is 5.09. The topological polar surface area (TPSA) is 59.2 Å². The van der Waals surface area contributed by atoms with Gasteiger partial charge in [-0.15, -0.1) is 0 Å². The van der Waals surface area contributed by atoms with Gasteiger partial charge in [0, 0.05) is 4.47 Å². The second-order valence-electron chi connectivity index (χ2n) is 3.51. The van der Waals surface area contributed by atoms with Crippen LogP contribution in [0.4, 0.5) is 4.39 Å². The van der Waals surface area contributed by atoms with E-state index in [9.17, 15) is 9.50 Å². The molecule has 0 saturated heterocycles. The van der Waals surface area contributed by atoms with E-state index in [-0.39, 0.29) is 17.3 Å². The van der Waals surface area contributed by atoms with Crippen LogP contribution in [0.1, 0.15) is 25.3 Å². The molecule has 0 bridgehead atoms. The molecule has 0 spiro atoms. The highest BCUT2D eigenvalue weighted by molar-refractivity contribution is 9.10. The maximum Gasteiger partial charge on any atom is 0.261 e. The molecular formula is C11H10BrFN2O2. The molecule has 1 atom stereocenters.